The van der Waals surface area contributed by atoms with E-state index in [9.17, 15) is 0 Å². The van der Waals surface area contributed by atoms with E-state index >= 15 is 0 Å². The molecule has 0 bridgehead atoms. The normalized spacial score (nSPS) is 16.0. The van der Waals surface area contributed by atoms with Gasteiger partial charge >= 0.3 is 0 Å². The van der Waals surface area contributed by atoms with Gasteiger partial charge in [0.15, 0.2) is 5.96 Å². The van der Waals surface area contributed by atoms with Crippen LogP contribution in [0.15, 0.2) is 28.8 Å². The Labute approximate surface area is 160 Å². The van der Waals surface area contributed by atoms with Crippen molar-refractivity contribution < 1.29 is 0 Å². The predicted molar refractivity (Wildman–Crippen MR) is 108 cm³/mol. The molecule has 0 amide bonds. The standard InChI is InChI=1S/C19H30N6S/c1-2-18-24-22-15-25(18)13-12-21-19(23-16-7-4-3-5-8-16)20-11-10-17-9-6-14-26-17/h6,9,14-16H,2-5,7-8,10-13H2,1H3,(H2,20,21,23). The van der Waals surface area contributed by atoms with Gasteiger partial charge in [0.25, 0.3) is 0 Å². The average Bonchev–Trinajstić information content (AvgIpc) is 3.34. The van der Waals surface area contributed by atoms with Crippen LogP contribution >= 0.6 is 11.3 Å². The minimum absolute atomic E-state index is 0.554. The number of aromatic nitrogens is 3. The van der Waals surface area contributed by atoms with Gasteiger partial charge in [0.1, 0.15) is 12.2 Å². The van der Waals surface area contributed by atoms with E-state index < -0.39 is 0 Å². The highest BCUT2D eigenvalue weighted by atomic mass is 32.1. The molecule has 0 aromatic carbocycles. The zero-order valence-corrected chi connectivity index (χ0v) is 16.5. The largest absolute Gasteiger partial charge is 0.355 e. The van der Waals surface area contributed by atoms with Crippen LogP contribution in [0, 0.1) is 0 Å². The summed E-state index contributed by atoms with van der Waals surface area (Å²) in [6.45, 7) is 4.60. The van der Waals surface area contributed by atoms with E-state index in [4.69, 9.17) is 4.99 Å². The summed E-state index contributed by atoms with van der Waals surface area (Å²) in [6, 6.07) is 4.84. The molecule has 0 atom stereocenters. The molecule has 6 nitrogen and oxygen atoms in total. The molecule has 2 aromatic heterocycles. The lowest BCUT2D eigenvalue weighted by molar-refractivity contribution is 0.409. The molecule has 0 spiro atoms. The Balaban J connectivity index is 1.52. The number of nitrogens with one attached hydrogen (secondary N) is 2. The molecule has 1 aliphatic rings. The molecular weight excluding hydrogens is 344 g/mol. The molecule has 1 fully saturated rings. The summed E-state index contributed by atoms with van der Waals surface area (Å²) in [5.41, 5.74) is 0. The summed E-state index contributed by atoms with van der Waals surface area (Å²) in [4.78, 5) is 6.21. The molecule has 3 rings (SSSR count). The van der Waals surface area contributed by atoms with Gasteiger partial charge < -0.3 is 15.2 Å². The first-order valence-corrected chi connectivity index (χ1v) is 10.7. The number of hydrogen-bond donors (Lipinski definition) is 2. The fraction of sp³-hybridized carbons (Fsp3) is 0.632. The second-order valence-corrected chi connectivity index (χ2v) is 7.79. The van der Waals surface area contributed by atoms with E-state index in [1.165, 1.54) is 37.0 Å². The molecule has 142 valence electrons. The first-order valence-electron chi connectivity index (χ1n) is 9.79. The molecule has 0 unspecified atom stereocenters. The Bertz CT molecular complexity index is 657. The fourth-order valence-electron chi connectivity index (χ4n) is 3.36. The third-order valence-corrected chi connectivity index (χ3v) is 5.75. The Kier molecular flexibility index (Phi) is 7.49. The predicted octanol–water partition coefficient (Wildman–Crippen LogP) is 3.01. The maximum absolute atomic E-state index is 4.81. The number of nitrogens with zero attached hydrogens (tertiary/aromatic N) is 4. The van der Waals surface area contributed by atoms with E-state index in [1.807, 2.05) is 6.33 Å². The lowest BCUT2D eigenvalue weighted by Crippen LogP contribution is -2.45. The fourth-order valence-corrected chi connectivity index (χ4v) is 4.06. The van der Waals surface area contributed by atoms with Crippen molar-refractivity contribution in [3.05, 3.63) is 34.5 Å². The molecule has 26 heavy (non-hydrogen) atoms. The number of hydrogen-bond acceptors (Lipinski definition) is 4. The summed E-state index contributed by atoms with van der Waals surface area (Å²) in [5.74, 6) is 1.97. The zero-order chi connectivity index (χ0) is 18.0. The number of rotatable bonds is 8. The van der Waals surface area contributed by atoms with Crippen molar-refractivity contribution >= 4 is 17.3 Å². The van der Waals surface area contributed by atoms with Crippen LogP contribution in [0.1, 0.15) is 49.7 Å². The lowest BCUT2D eigenvalue weighted by atomic mass is 9.96. The van der Waals surface area contributed by atoms with Crippen LogP contribution in [0.2, 0.25) is 0 Å². The van der Waals surface area contributed by atoms with Gasteiger partial charge in [-0.25, -0.2) is 0 Å². The summed E-state index contributed by atoms with van der Waals surface area (Å²) in [6.07, 6.45) is 10.2. The van der Waals surface area contributed by atoms with Gasteiger partial charge in [0, 0.05) is 43.4 Å². The Hall–Kier alpha value is -1.89. The minimum atomic E-state index is 0.554. The quantitative estimate of drug-likeness (QED) is 0.551. The Morgan fingerprint density at radius 2 is 2.23 bits per heavy atom. The molecule has 1 aliphatic carbocycles. The van der Waals surface area contributed by atoms with Crippen LogP contribution in [0.4, 0.5) is 0 Å². The molecule has 2 N–H and O–H groups in total. The zero-order valence-electron chi connectivity index (χ0n) is 15.7. The van der Waals surface area contributed by atoms with Crippen molar-refractivity contribution in [1.82, 2.24) is 25.4 Å². The molecule has 0 aliphatic heterocycles. The molecular formula is C19H30N6S. The van der Waals surface area contributed by atoms with Gasteiger partial charge in [-0.1, -0.05) is 32.3 Å². The molecule has 1 saturated carbocycles. The van der Waals surface area contributed by atoms with E-state index in [0.717, 1.165) is 44.3 Å². The summed E-state index contributed by atoms with van der Waals surface area (Å²) < 4.78 is 2.11. The Morgan fingerprint density at radius 3 is 3.00 bits per heavy atom. The molecule has 0 saturated heterocycles. The molecule has 2 aromatic rings. The van der Waals surface area contributed by atoms with Crippen molar-refractivity contribution in [2.75, 3.05) is 13.1 Å². The first-order chi connectivity index (χ1) is 12.8. The van der Waals surface area contributed by atoms with Gasteiger partial charge in [0.2, 0.25) is 0 Å². The number of aryl methyl sites for hydroxylation is 1. The Morgan fingerprint density at radius 1 is 1.35 bits per heavy atom. The maximum atomic E-state index is 4.81. The van der Waals surface area contributed by atoms with Crippen LogP contribution in [0.3, 0.4) is 0 Å². The highest BCUT2D eigenvalue weighted by Gasteiger charge is 2.14. The van der Waals surface area contributed by atoms with Gasteiger partial charge in [-0.2, -0.15) is 0 Å². The molecule has 7 heteroatoms. The summed E-state index contributed by atoms with van der Waals surface area (Å²) >= 11 is 1.80. The molecule has 0 radical (unpaired) electrons. The number of guanidine groups is 1. The second kappa shape index (κ2) is 10.3. The van der Waals surface area contributed by atoms with Crippen LogP contribution in [-0.4, -0.2) is 39.9 Å². The smallest absolute Gasteiger partial charge is 0.191 e. The van der Waals surface area contributed by atoms with Crippen LogP contribution in [0.25, 0.3) is 0 Å². The topological polar surface area (TPSA) is 67.1 Å². The maximum Gasteiger partial charge on any atom is 0.191 e. The van der Waals surface area contributed by atoms with Crippen molar-refractivity contribution in [1.29, 1.82) is 0 Å². The lowest BCUT2D eigenvalue weighted by Gasteiger charge is -2.25. The van der Waals surface area contributed by atoms with Crippen LogP contribution < -0.4 is 10.6 Å². The van der Waals surface area contributed by atoms with Crippen LogP contribution in [-0.2, 0) is 19.4 Å². The highest BCUT2D eigenvalue weighted by molar-refractivity contribution is 7.09. The third-order valence-electron chi connectivity index (χ3n) is 4.81. The van der Waals surface area contributed by atoms with Crippen molar-refractivity contribution in [2.24, 2.45) is 4.99 Å². The average molecular weight is 375 g/mol. The van der Waals surface area contributed by atoms with Crippen molar-refractivity contribution in [2.45, 2.75) is 64.5 Å². The monoisotopic (exact) mass is 374 g/mol. The van der Waals surface area contributed by atoms with E-state index in [-0.39, 0.29) is 0 Å². The van der Waals surface area contributed by atoms with Crippen LogP contribution in [0.5, 0.6) is 0 Å². The van der Waals surface area contributed by atoms with Gasteiger partial charge in [0.05, 0.1) is 0 Å². The first kappa shape index (κ1) is 18.9. The second-order valence-electron chi connectivity index (χ2n) is 6.76. The van der Waals surface area contributed by atoms with E-state index in [1.54, 1.807) is 11.3 Å². The van der Waals surface area contributed by atoms with Gasteiger partial charge in [-0.05, 0) is 24.3 Å². The van der Waals surface area contributed by atoms with E-state index in [2.05, 4.69) is 49.8 Å². The SMILES string of the molecule is CCc1nncn1CCNC(=NCCc1cccs1)NC1CCCCC1. The summed E-state index contributed by atoms with van der Waals surface area (Å²) in [7, 11) is 0. The van der Waals surface area contributed by atoms with Gasteiger partial charge in [-0.15, -0.1) is 21.5 Å². The van der Waals surface area contributed by atoms with Crippen molar-refractivity contribution in [3.63, 3.8) is 0 Å². The minimum Gasteiger partial charge on any atom is -0.355 e. The van der Waals surface area contributed by atoms with E-state index in [0.29, 0.717) is 6.04 Å². The molecule has 2 heterocycles. The summed E-state index contributed by atoms with van der Waals surface area (Å²) in [5, 5.41) is 17.4. The number of thiophene rings is 1. The third kappa shape index (κ3) is 5.83. The highest BCUT2D eigenvalue weighted by Crippen LogP contribution is 2.17. The number of aliphatic imine (C=N–C) groups is 1. The van der Waals surface area contributed by atoms with Gasteiger partial charge in [-0.3, -0.25) is 4.99 Å². The van der Waals surface area contributed by atoms with Crippen molar-refractivity contribution in [3.8, 4) is 0 Å².